The van der Waals surface area contributed by atoms with E-state index < -0.39 is 0 Å². The van der Waals surface area contributed by atoms with Gasteiger partial charge >= 0.3 is 0 Å². The van der Waals surface area contributed by atoms with Crippen LogP contribution in [0.15, 0.2) is 84.9 Å². The maximum Gasteiger partial charge on any atom is 0.253 e. The molecular weight excluding hydrogens is 458 g/mol. The first-order valence-corrected chi connectivity index (χ1v) is 13.2. The average molecular weight is 494 g/mol. The molecule has 0 atom stereocenters. The van der Waals surface area contributed by atoms with Crippen LogP contribution in [-0.2, 0) is 6.54 Å². The summed E-state index contributed by atoms with van der Waals surface area (Å²) in [4.78, 5) is 19.4. The van der Waals surface area contributed by atoms with Gasteiger partial charge in [-0.15, -0.1) is 0 Å². The molecule has 0 aliphatic carbocycles. The van der Waals surface area contributed by atoms with Crippen molar-refractivity contribution >= 4 is 22.4 Å². The molecule has 0 spiro atoms. The molecule has 37 heavy (non-hydrogen) atoms. The Morgan fingerprint density at radius 2 is 1.51 bits per heavy atom. The number of carbonyl (C=O) groups excluding carboxylic acids is 1. The van der Waals surface area contributed by atoms with E-state index >= 15 is 0 Å². The minimum atomic E-state index is 0.101. The Balaban J connectivity index is 1.26. The molecule has 1 aliphatic rings. The molecule has 5 heteroatoms. The molecule has 190 valence electrons. The van der Waals surface area contributed by atoms with Crippen LogP contribution in [0, 0.1) is 0 Å². The van der Waals surface area contributed by atoms with Crippen molar-refractivity contribution < 1.29 is 9.90 Å². The predicted molar refractivity (Wildman–Crippen MR) is 152 cm³/mol. The standard InChI is InChI=1S/C32H35N3O2/c1-3-34(4-2)32(37)24-12-15-27(16-13-24)35-20-18-33(19-21-35)23-26-14-17-30(25-8-7-9-28(36)22-25)31-11-6-5-10-29(26)31/h5-17,22,36H,3-4,18-21,23H2,1-2H3. The molecule has 1 saturated heterocycles. The fraction of sp³-hybridized carbons (Fsp3) is 0.281. The van der Waals surface area contributed by atoms with Gasteiger partial charge in [-0.3, -0.25) is 9.69 Å². The van der Waals surface area contributed by atoms with Crippen LogP contribution in [0.5, 0.6) is 5.75 Å². The number of phenols is 1. The van der Waals surface area contributed by atoms with Crippen molar-refractivity contribution in [2.24, 2.45) is 0 Å². The van der Waals surface area contributed by atoms with Crippen LogP contribution >= 0.6 is 0 Å². The summed E-state index contributed by atoms with van der Waals surface area (Å²) in [6.45, 7) is 10.3. The Labute approximate surface area is 219 Å². The lowest BCUT2D eigenvalue weighted by Crippen LogP contribution is -2.46. The van der Waals surface area contributed by atoms with Gasteiger partial charge in [0.1, 0.15) is 5.75 Å². The summed E-state index contributed by atoms with van der Waals surface area (Å²) in [5, 5.41) is 12.4. The molecular formula is C32H35N3O2. The highest BCUT2D eigenvalue weighted by Crippen LogP contribution is 2.33. The summed E-state index contributed by atoms with van der Waals surface area (Å²) in [7, 11) is 0. The normalized spacial score (nSPS) is 14.2. The fourth-order valence-electron chi connectivity index (χ4n) is 5.34. The van der Waals surface area contributed by atoms with Crippen LogP contribution in [0.25, 0.3) is 21.9 Å². The molecule has 5 rings (SSSR count). The highest BCUT2D eigenvalue weighted by molar-refractivity contribution is 5.98. The quantitative estimate of drug-likeness (QED) is 0.342. The molecule has 0 saturated carbocycles. The van der Waals surface area contributed by atoms with Gasteiger partial charge < -0.3 is 14.9 Å². The van der Waals surface area contributed by atoms with Gasteiger partial charge in [-0.1, -0.05) is 48.5 Å². The van der Waals surface area contributed by atoms with Gasteiger partial charge in [0.25, 0.3) is 5.91 Å². The first-order chi connectivity index (χ1) is 18.1. The van der Waals surface area contributed by atoms with E-state index in [1.807, 2.05) is 49.1 Å². The monoisotopic (exact) mass is 493 g/mol. The minimum Gasteiger partial charge on any atom is -0.508 e. The zero-order valence-electron chi connectivity index (χ0n) is 21.7. The van der Waals surface area contributed by atoms with E-state index in [0.29, 0.717) is 0 Å². The van der Waals surface area contributed by atoms with E-state index in [1.54, 1.807) is 6.07 Å². The maximum absolute atomic E-state index is 12.6. The SMILES string of the molecule is CCN(CC)C(=O)c1ccc(N2CCN(Cc3ccc(-c4cccc(O)c4)c4ccccc34)CC2)cc1. The number of hydrogen-bond acceptors (Lipinski definition) is 4. The number of carbonyl (C=O) groups is 1. The Kier molecular flexibility index (Phi) is 7.42. The van der Waals surface area contributed by atoms with Crippen LogP contribution in [0.4, 0.5) is 5.69 Å². The third-order valence-electron chi connectivity index (χ3n) is 7.47. The number of nitrogens with zero attached hydrogens (tertiary/aromatic N) is 3. The third kappa shape index (κ3) is 5.32. The Morgan fingerprint density at radius 3 is 2.19 bits per heavy atom. The molecule has 4 aromatic rings. The topological polar surface area (TPSA) is 47.0 Å². The van der Waals surface area contributed by atoms with Gasteiger partial charge in [0, 0.05) is 57.1 Å². The molecule has 0 aromatic heterocycles. The van der Waals surface area contributed by atoms with Crippen LogP contribution in [0.1, 0.15) is 29.8 Å². The Bertz CT molecular complexity index is 1370. The van der Waals surface area contributed by atoms with Crippen molar-refractivity contribution in [3.63, 3.8) is 0 Å². The second-order valence-electron chi connectivity index (χ2n) is 9.66. The molecule has 1 fully saturated rings. The zero-order chi connectivity index (χ0) is 25.8. The number of aromatic hydroxyl groups is 1. The van der Waals surface area contributed by atoms with Crippen LogP contribution in [-0.4, -0.2) is 60.1 Å². The number of fused-ring (bicyclic) bond motifs is 1. The minimum absolute atomic E-state index is 0.101. The molecule has 0 unspecified atom stereocenters. The molecule has 4 aromatic carbocycles. The van der Waals surface area contributed by atoms with Crippen LogP contribution in [0.2, 0.25) is 0 Å². The predicted octanol–water partition coefficient (Wildman–Crippen LogP) is 6.02. The van der Waals surface area contributed by atoms with Gasteiger partial charge in [0.15, 0.2) is 0 Å². The van der Waals surface area contributed by atoms with E-state index in [2.05, 4.69) is 58.3 Å². The summed E-state index contributed by atoms with van der Waals surface area (Å²) in [6, 6.07) is 28.5. The first-order valence-electron chi connectivity index (χ1n) is 13.2. The molecule has 5 nitrogen and oxygen atoms in total. The second-order valence-corrected chi connectivity index (χ2v) is 9.66. The number of hydrogen-bond donors (Lipinski definition) is 1. The number of rotatable bonds is 7. The molecule has 1 aliphatic heterocycles. The lowest BCUT2D eigenvalue weighted by molar-refractivity contribution is 0.0773. The molecule has 0 radical (unpaired) electrons. The van der Waals surface area contributed by atoms with Crippen molar-refractivity contribution in [1.29, 1.82) is 0 Å². The molecule has 0 bridgehead atoms. The summed E-state index contributed by atoms with van der Waals surface area (Å²) < 4.78 is 0. The summed E-state index contributed by atoms with van der Waals surface area (Å²) in [5.74, 6) is 0.386. The van der Waals surface area contributed by atoms with E-state index in [0.717, 1.165) is 62.5 Å². The lowest BCUT2D eigenvalue weighted by atomic mass is 9.94. The summed E-state index contributed by atoms with van der Waals surface area (Å²) in [5.41, 5.74) is 5.43. The van der Waals surface area contributed by atoms with E-state index in [9.17, 15) is 9.90 Å². The highest BCUT2D eigenvalue weighted by Gasteiger charge is 2.19. The molecule has 1 heterocycles. The Hall–Kier alpha value is -3.83. The van der Waals surface area contributed by atoms with E-state index in [1.165, 1.54) is 22.0 Å². The number of piperazine rings is 1. The summed E-state index contributed by atoms with van der Waals surface area (Å²) in [6.07, 6.45) is 0. The third-order valence-corrected chi connectivity index (χ3v) is 7.47. The van der Waals surface area contributed by atoms with Crippen molar-refractivity contribution in [1.82, 2.24) is 9.80 Å². The molecule has 1 N–H and O–H groups in total. The van der Waals surface area contributed by atoms with Gasteiger partial charge in [-0.05, 0) is 77.7 Å². The van der Waals surface area contributed by atoms with Gasteiger partial charge in [-0.25, -0.2) is 0 Å². The average Bonchev–Trinajstić information content (AvgIpc) is 2.94. The Morgan fingerprint density at radius 1 is 0.811 bits per heavy atom. The summed E-state index contributed by atoms with van der Waals surface area (Å²) >= 11 is 0. The number of phenolic OH excluding ortho intramolecular Hbond substituents is 1. The van der Waals surface area contributed by atoms with Crippen molar-refractivity contribution in [3.05, 3.63) is 96.1 Å². The van der Waals surface area contributed by atoms with Crippen molar-refractivity contribution in [3.8, 4) is 16.9 Å². The van der Waals surface area contributed by atoms with Crippen LogP contribution in [0.3, 0.4) is 0 Å². The van der Waals surface area contributed by atoms with Crippen LogP contribution < -0.4 is 4.90 Å². The van der Waals surface area contributed by atoms with Gasteiger partial charge in [-0.2, -0.15) is 0 Å². The molecule has 1 amide bonds. The van der Waals surface area contributed by atoms with Gasteiger partial charge in [0.05, 0.1) is 0 Å². The van der Waals surface area contributed by atoms with E-state index in [-0.39, 0.29) is 11.7 Å². The second kappa shape index (κ2) is 11.1. The van der Waals surface area contributed by atoms with E-state index in [4.69, 9.17) is 0 Å². The zero-order valence-corrected chi connectivity index (χ0v) is 21.7. The highest BCUT2D eigenvalue weighted by atomic mass is 16.3. The number of amides is 1. The fourth-order valence-corrected chi connectivity index (χ4v) is 5.34. The number of anilines is 1. The van der Waals surface area contributed by atoms with Crippen molar-refractivity contribution in [2.75, 3.05) is 44.2 Å². The largest absolute Gasteiger partial charge is 0.508 e. The lowest BCUT2D eigenvalue weighted by Gasteiger charge is -2.36. The first kappa shape index (κ1) is 24.8. The smallest absolute Gasteiger partial charge is 0.253 e. The van der Waals surface area contributed by atoms with Gasteiger partial charge in [0.2, 0.25) is 0 Å². The number of benzene rings is 4. The van der Waals surface area contributed by atoms with Crippen molar-refractivity contribution in [2.45, 2.75) is 20.4 Å². The maximum atomic E-state index is 12.6.